The van der Waals surface area contributed by atoms with E-state index in [1.807, 2.05) is 24.3 Å². The van der Waals surface area contributed by atoms with Crippen LogP contribution in [0.5, 0.6) is 0 Å². The van der Waals surface area contributed by atoms with Gasteiger partial charge in [0.2, 0.25) is 5.91 Å². The molecule has 2 aromatic rings. The zero-order valence-corrected chi connectivity index (χ0v) is 15.3. The Kier molecular flexibility index (Phi) is 5.67. The zero-order valence-electron chi connectivity index (χ0n) is 13.7. The van der Waals surface area contributed by atoms with E-state index >= 15 is 0 Å². The summed E-state index contributed by atoms with van der Waals surface area (Å²) in [6, 6.07) is 11.5. The van der Waals surface area contributed by atoms with E-state index in [2.05, 4.69) is 5.32 Å². The average Bonchev–Trinajstić information content (AvgIpc) is 2.60. The summed E-state index contributed by atoms with van der Waals surface area (Å²) in [7, 11) is 0. The summed E-state index contributed by atoms with van der Waals surface area (Å²) in [4.78, 5) is 12.7. The number of amides is 1. The SMILES string of the molecule is C[C@H](NC(=O)[C@@H]1SCCc2ccccc21)[C@@H](O)c1c(F)cccc1Cl. The number of fused-ring (bicyclic) bond motifs is 1. The highest BCUT2D eigenvalue weighted by atomic mass is 35.5. The Hall–Kier alpha value is -1.56. The average molecular weight is 380 g/mol. The Morgan fingerprint density at radius 1 is 1.32 bits per heavy atom. The Balaban J connectivity index is 1.75. The lowest BCUT2D eigenvalue weighted by Gasteiger charge is -2.27. The van der Waals surface area contributed by atoms with E-state index in [0.29, 0.717) is 0 Å². The van der Waals surface area contributed by atoms with Crippen LogP contribution in [0.3, 0.4) is 0 Å². The summed E-state index contributed by atoms with van der Waals surface area (Å²) in [6.07, 6.45) is -0.283. The number of rotatable bonds is 4. The molecule has 132 valence electrons. The lowest BCUT2D eigenvalue weighted by Crippen LogP contribution is -2.40. The minimum Gasteiger partial charge on any atom is -0.386 e. The molecular formula is C19H19ClFNO2S. The van der Waals surface area contributed by atoms with Crippen molar-refractivity contribution < 1.29 is 14.3 Å². The van der Waals surface area contributed by atoms with Gasteiger partial charge in [-0.1, -0.05) is 41.9 Å². The van der Waals surface area contributed by atoms with Crippen LogP contribution >= 0.6 is 23.4 Å². The van der Waals surface area contributed by atoms with Crippen LogP contribution in [0.2, 0.25) is 5.02 Å². The first-order chi connectivity index (χ1) is 12.0. The highest BCUT2D eigenvalue weighted by Gasteiger charge is 2.30. The third-order valence-corrected chi connectivity index (χ3v) is 5.94. The number of hydrogen-bond acceptors (Lipinski definition) is 3. The van der Waals surface area contributed by atoms with E-state index in [0.717, 1.165) is 17.7 Å². The van der Waals surface area contributed by atoms with E-state index in [1.54, 1.807) is 18.7 Å². The molecule has 3 nitrogen and oxygen atoms in total. The summed E-state index contributed by atoms with van der Waals surface area (Å²) in [5.74, 6) is 0.0974. The summed E-state index contributed by atoms with van der Waals surface area (Å²) in [6.45, 7) is 1.64. The highest BCUT2D eigenvalue weighted by molar-refractivity contribution is 8.00. The van der Waals surface area contributed by atoms with Gasteiger partial charge in [0.1, 0.15) is 17.2 Å². The Bertz CT molecular complexity index is 766. The maximum Gasteiger partial charge on any atom is 0.237 e. The molecule has 0 saturated carbocycles. The van der Waals surface area contributed by atoms with Crippen molar-refractivity contribution in [3.8, 4) is 0 Å². The smallest absolute Gasteiger partial charge is 0.237 e. The van der Waals surface area contributed by atoms with Gasteiger partial charge in [-0.3, -0.25) is 4.79 Å². The molecule has 0 saturated heterocycles. The van der Waals surface area contributed by atoms with Crippen molar-refractivity contribution in [2.24, 2.45) is 0 Å². The fraction of sp³-hybridized carbons (Fsp3) is 0.316. The van der Waals surface area contributed by atoms with Crippen molar-refractivity contribution in [2.75, 3.05) is 5.75 Å². The zero-order chi connectivity index (χ0) is 18.0. The van der Waals surface area contributed by atoms with Gasteiger partial charge in [-0.05, 0) is 42.4 Å². The van der Waals surface area contributed by atoms with E-state index in [9.17, 15) is 14.3 Å². The number of hydrogen-bond donors (Lipinski definition) is 2. The van der Waals surface area contributed by atoms with Gasteiger partial charge in [-0.15, -0.1) is 11.8 Å². The Labute approximate surface area is 155 Å². The van der Waals surface area contributed by atoms with Crippen molar-refractivity contribution in [2.45, 2.75) is 30.7 Å². The van der Waals surface area contributed by atoms with Crippen LogP contribution < -0.4 is 5.32 Å². The number of carbonyl (C=O) groups is 1. The van der Waals surface area contributed by atoms with Gasteiger partial charge in [-0.25, -0.2) is 4.39 Å². The molecule has 2 N–H and O–H groups in total. The van der Waals surface area contributed by atoms with Crippen LogP contribution in [-0.4, -0.2) is 22.8 Å². The van der Waals surface area contributed by atoms with Crippen LogP contribution in [0.1, 0.15) is 35.0 Å². The quantitative estimate of drug-likeness (QED) is 0.842. The van der Waals surface area contributed by atoms with Crippen molar-refractivity contribution in [3.05, 3.63) is 70.0 Å². The maximum absolute atomic E-state index is 14.0. The highest BCUT2D eigenvalue weighted by Crippen LogP contribution is 2.37. The number of benzene rings is 2. The van der Waals surface area contributed by atoms with E-state index < -0.39 is 18.0 Å². The number of carbonyl (C=O) groups excluding carboxylic acids is 1. The number of thioether (sulfide) groups is 1. The Morgan fingerprint density at radius 2 is 2.08 bits per heavy atom. The van der Waals surface area contributed by atoms with Crippen molar-refractivity contribution >= 4 is 29.3 Å². The lowest BCUT2D eigenvalue weighted by molar-refractivity contribution is -0.122. The first-order valence-corrected chi connectivity index (χ1v) is 9.53. The van der Waals surface area contributed by atoms with Crippen LogP contribution in [0, 0.1) is 5.82 Å². The van der Waals surface area contributed by atoms with Crippen molar-refractivity contribution in [1.29, 1.82) is 0 Å². The molecule has 3 atom stereocenters. The first kappa shape index (κ1) is 18.2. The second-order valence-electron chi connectivity index (χ2n) is 6.08. The maximum atomic E-state index is 14.0. The molecular weight excluding hydrogens is 361 g/mol. The Morgan fingerprint density at radius 3 is 2.84 bits per heavy atom. The predicted octanol–water partition coefficient (Wildman–Crippen LogP) is 4.05. The molecule has 3 rings (SSSR count). The van der Waals surface area contributed by atoms with E-state index in [-0.39, 0.29) is 21.7 Å². The molecule has 2 aromatic carbocycles. The van der Waals surface area contributed by atoms with Gasteiger partial charge >= 0.3 is 0 Å². The second-order valence-corrected chi connectivity index (χ2v) is 7.70. The second kappa shape index (κ2) is 7.77. The van der Waals surface area contributed by atoms with Gasteiger partial charge in [-0.2, -0.15) is 0 Å². The van der Waals surface area contributed by atoms with Gasteiger partial charge in [0.05, 0.1) is 6.04 Å². The molecule has 1 amide bonds. The summed E-state index contributed by atoms with van der Waals surface area (Å²) >= 11 is 7.58. The fourth-order valence-electron chi connectivity index (χ4n) is 3.03. The molecule has 0 fully saturated rings. The van der Waals surface area contributed by atoms with Crippen molar-refractivity contribution in [3.63, 3.8) is 0 Å². The number of aryl methyl sites for hydroxylation is 1. The van der Waals surface area contributed by atoms with Crippen LogP contribution in [0.4, 0.5) is 4.39 Å². The number of aliphatic hydroxyl groups is 1. The van der Waals surface area contributed by atoms with Gasteiger partial charge in [0.15, 0.2) is 0 Å². The lowest BCUT2D eigenvalue weighted by atomic mass is 9.99. The standard InChI is InChI=1S/C19H19ClFNO2S/c1-11(17(23)16-14(20)7-4-8-15(16)21)22-19(24)18-13-6-3-2-5-12(13)9-10-25-18/h2-8,11,17-18,23H,9-10H2,1H3,(H,22,24)/t11-,17+,18+/m0/s1. The molecule has 0 spiro atoms. The number of nitrogens with one attached hydrogen (secondary N) is 1. The minimum atomic E-state index is -1.22. The third kappa shape index (κ3) is 3.84. The molecule has 1 aliphatic heterocycles. The van der Waals surface area contributed by atoms with E-state index in [4.69, 9.17) is 11.6 Å². The normalized spacial score (nSPS) is 19.0. The van der Waals surface area contributed by atoms with Gasteiger partial charge < -0.3 is 10.4 Å². The topological polar surface area (TPSA) is 49.3 Å². The van der Waals surface area contributed by atoms with Crippen molar-refractivity contribution in [1.82, 2.24) is 5.32 Å². The molecule has 0 aliphatic carbocycles. The molecule has 1 heterocycles. The minimum absolute atomic E-state index is 0.00802. The van der Waals surface area contributed by atoms with Crippen LogP contribution in [0.15, 0.2) is 42.5 Å². The number of aliphatic hydroxyl groups excluding tert-OH is 1. The van der Waals surface area contributed by atoms with Crippen LogP contribution in [-0.2, 0) is 11.2 Å². The molecule has 0 unspecified atom stereocenters. The molecule has 0 radical (unpaired) electrons. The van der Waals surface area contributed by atoms with E-state index in [1.165, 1.54) is 23.8 Å². The molecule has 6 heteroatoms. The van der Waals surface area contributed by atoms with Gasteiger partial charge in [0.25, 0.3) is 0 Å². The monoisotopic (exact) mass is 379 g/mol. The summed E-state index contributed by atoms with van der Waals surface area (Å²) in [5.41, 5.74) is 2.18. The first-order valence-electron chi connectivity index (χ1n) is 8.10. The summed E-state index contributed by atoms with van der Waals surface area (Å²) in [5, 5.41) is 13.1. The van der Waals surface area contributed by atoms with Gasteiger partial charge in [0, 0.05) is 10.6 Å². The molecule has 1 aliphatic rings. The largest absolute Gasteiger partial charge is 0.386 e. The molecule has 0 bridgehead atoms. The summed E-state index contributed by atoms with van der Waals surface area (Å²) < 4.78 is 14.0. The number of halogens is 2. The molecule has 0 aromatic heterocycles. The fourth-order valence-corrected chi connectivity index (χ4v) is 4.51. The predicted molar refractivity (Wildman–Crippen MR) is 99.3 cm³/mol. The van der Waals surface area contributed by atoms with Crippen LogP contribution in [0.25, 0.3) is 0 Å². The molecule has 25 heavy (non-hydrogen) atoms. The third-order valence-electron chi connectivity index (χ3n) is 4.37.